The van der Waals surface area contributed by atoms with Crippen molar-refractivity contribution in [2.45, 2.75) is 25.8 Å². The lowest BCUT2D eigenvalue weighted by molar-refractivity contribution is 0.127. The van der Waals surface area contributed by atoms with Gasteiger partial charge >= 0.3 is 0 Å². The standard InChI is InChI=1S/C14H23FN2O/c1-4-14(10-16,11-18-3)17(5-2)13-8-6-7-12(15)9-13/h6-9H,4-5,10-11,16H2,1-3H3. The molecular formula is C14H23FN2O. The van der Waals surface area contributed by atoms with Crippen LogP contribution in [-0.2, 0) is 4.74 Å². The molecule has 0 aliphatic heterocycles. The monoisotopic (exact) mass is 254 g/mol. The largest absolute Gasteiger partial charge is 0.382 e. The van der Waals surface area contributed by atoms with Gasteiger partial charge in [0.05, 0.1) is 12.1 Å². The van der Waals surface area contributed by atoms with Gasteiger partial charge < -0.3 is 15.4 Å². The maximum absolute atomic E-state index is 13.4. The molecule has 0 aliphatic carbocycles. The van der Waals surface area contributed by atoms with E-state index in [0.29, 0.717) is 13.2 Å². The third-order valence-electron chi connectivity index (χ3n) is 3.46. The average molecular weight is 254 g/mol. The Balaban J connectivity index is 3.13. The fourth-order valence-corrected chi connectivity index (χ4v) is 2.39. The summed E-state index contributed by atoms with van der Waals surface area (Å²) in [6.07, 6.45) is 0.849. The minimum atomic E-state index is -0.280. The van der Waals surface area contributed by atoms with Crippen LogP contribution in [0.25, 0.3) is 0 Å². The molecular weight excluding hydrogens is 231 g/mol. The minimum absolute atomic E-state index is 0.231. The first kappa shape index (κ1) is 14.9. The first-order chi connectivity index (χ1) is 8.63. The highest BCUT2D eigenvalue weighted by Gasteiger charge is 2.33. The Morgan fingerprint density at radius 2 is 2.11 bits per heavy atom. The molecule has 18 heavy (non-hydrogen) atoms. The van der Waals surface area contributed by atoms with Crippen molar-refractivity contribution in [2.75, 3.05) is 31.7 Å². The lowest BCUT2D eigenvalue weighted by Crippen LogP contribution is -2.57. The van der Waals surface area contributed by atoms with Crippen molar-refractivity contribution in [3.05, 3.63) is 30.1 Å². The van der Waals surface area contributed by atoms with Gasteiger partial charge in [-0.2, -0.15) is 0 Å². The van der Waals surface area contributed by atoms with Gasteiger partial charge in [-0.1, -0.05) is 13.0 Å². The Bertz CT molecular complexity index is 367. The molecule has 1 aromatic carbocycles. The number of nitrogens with zero attached hydrogens (tertiary/aromatic N) is 1. The number of benzene rings is 1. The van der Waals surface area contributed by atoms with Crippen LogP contribution in [0, 0.1) is 5.82 Å². The number of halogens is 1. The topological polar surface area (TPSA) is 38.5 Å². The number of anilines is 1. The zero-order valence-electron chi connectivity index (χ0n) is 11.4. The highest BCUT2D eigenvalue weighted by atomic mass is 19.1. The average Bonchev–Trinajstić information content (AvgIpc) is 2.38. The van der Waals surface area contributed by atoms with Gasteiger partial charge in [-0.3, -0.25) is 0 Å². The highest BCUT2D eigenvalue weighted by molar-refractivity contribution is 5.49. The first-order valence-corrected chi connectivity index (χ1v) is 6.35. The molecule has 3 nitrogen and oxygen atoms in total. The molecule has 0 heterocycles. The van der Waals surface area contributed by atoms with Gasteiger partial charge in [-0.05, 0) is 31.5 Å². The minimum Gasteiger partial charge on any atom is -0.382 e. The quantitative estimate of drug-likeness (QED) is 0.812. The van der Waals surface area contributed by atoms with Crippen molar-refractivity contribution < 1.29 is 9.13 Å². The van der Waals surface area contributed by atoms with Crippen molar-refractivity contribution >= 4 is 5.69 Å². The van der Waals surface area contributed by atoms with Gasteiger partial charge in [0, 0.05) is 25.9 Å². The second-order valence-corrected chi connectivity index (χ2v) is 4.44. The normalized spacial score (nSPS) is 14.3. The number of likely N-dealkylation sites (N-methyl/N-ethyl adjacent to an activating group) is 1. The Kier molecular flexibility index (Phi) is 5.56. The van der Waals surface area contributed by atoms with Crippen LogP contribution in [0.1, 0.15) is 20.3 Å². The summed E-state index contributed by atoms with van der Waals surface area (Å²) in [5, 5.41) is 0. The molecule has 0 fully saturated rings. The van der Waals surface area contributed by atoms with E-state index in [4.69, 9.17) is 10.5 Å². The van der Waals surface area contributed by atoms with Crippen LogP contribution in [0.3, 0.4) is 0 Å². The van der Waals surface area contributed by atoms with Crippen LogP contribution in [0.15, 0.2) is 24.3 Å². The third kappa shape index (κ3) is 3.00. The molecule has 0 bridgehead atoms. The van der Waals surface area contributed by atoms with Crippen LogP contribution in [0.2, 0.25) is 0 Å². The predicted molar refractivity (Wildman–Crippen MR) is 73.4 cm³/mol. The maximum atomic E-state index is 13.4. The summed E-state index contributed by atoms with van der Waals surface area (Å²) in [5.74, 6) is -0.231. The summed E-state index contributed by atoms with van der Waals surface area (Å²) in [6, 6.07) is 6.61. The molecule has 1 rings (SSSR count). The second kappa shape index (κ2) is 6.71. The van der Waals surface area contributed by atoms with Crippen LogP contribution in [-0.4, -0.2) is 32.3 Å². The molecule has 1 unspecified atom stereocenters. The van der Waals surface area contributed by atoms with Crippen LogP contribution in [0.4, 0.5) is 10.1 Å². The van der Waals surface area contributed by atoms with E-state index >= 15 is 0 Å². The number of ether oxygens (including phenoxy) is 1. The molecule has 0 radical (unpaired) electrons. The van der Waals surface area contributed by atoms with Crippen molar-refractivity contribution in [1.82, 2.24) is 0 Å². The summed E-state index contributed by atoms with van der Waals surface area (Å²) >= 11 is 0. The van der Waals surface area contributed by atoms with Crippen LogP contribution < -0.4 is 10.6 Å². The lowest BCUT2D eigenvalue weighted by atomic mass is 9.93. The van der Waals surface area contributed by atoms with Crippen molar-refractivity contribution in [3.63, 3.8) is 0 Å². The first-order valence-electron chi connectivity index (χ1n) is 6.35. The van der Waals surface area contributed by atoms with Crippen LogP contribution in [0.5, 0.6) is 0 Å². The Hall–Kier alpha value is -1.13. The van der Waals surface area contributed by atoms with Crippen molar-refractivity contribution in [3.8, 4) is 0 Å². The maximum Gasteiger partial charge on any atom is 0.125 e. The highest BCUT2D eigenvalue weighted by Crippen LogP contribution is 2.27. The van der Waals surface area contributed by atoms with Crippen molar-refractivity contribution in [1.29, 1.82) is 0 Å². The Labute approximate surface area is 109 Å². The van der Waals surface area contributed by atoms with Crippen LogP contribution >= 0.6 is 0 Å². The number of nitrogens with two attached hydrogens (primary N) is 1. The number of hydrogen-bond donors (Lipinski definition) is 1. The van der Waals surface area contributed by atoms with E-state index in [1.54, 1.807) is 19.2 Å². The molecule has 102 valence electrons. The number of methoxy groups -OCH3 is 1. The zero-order valence-corrected chi connectivity index (χ0v) is 11.4. The Morgan fingerprint density at radius 3 is 2.56 bits per heavy atom. The van der Waals surface area contributed by atoms with Gasteiger partial charge in [0.25, 0.3) is 0 Å². The van der Waals surface area contributed by atoms with E-state index < -0.39 is 0 Å². The van der Waals surface area contributed by atoms with E-state index in [2.05, 4.69) is 11.8 Å². The van der Waals surface area contributed by atoms with Gasteiger partial charge in [-0.25, -0.2) is 4.39 Å². The molecule has 2 N–H and O–H groups in total. The summed E-state index contributed by atoms with van der Waals surface area (Å²) in [7, 11) is 1.67. The summed E-state index contributed by atoms with van der Waals surface area (Å²) in [6.45, 7) is 5.89. The van der Waals surface area contributed by atoms with Gasteiger partial charge in [0.2, 0.25) is 0 Å². The molecule has 1 aromatic rings. The van der Waals surface area contributed by atoms with Crippen molar-refractivity contribution in [2.24, 2.45) is 5.73 Å². The molecule has 4 heteroatoms. The predicted octanol–water partition coefficient (Wildman–Crippen LogP) is 2.41. The van der Waals surface area contributed by atoms with Gasteiger partial charge in [0.1, 0.15) is 5.82 Å². The van der Waals surface area contributed by atoms with Gasteiger partial charge in [0.15, 0.2) is 0 Å². The molecule has 0 saturated heterocycles. The molecule has 0 spiro atoms. The fourth-order valence-electron chi connectivity index (χ4n) is 2.39. The number of hydrogen-bond acceptors (Lipinski definition) is 3. The van der Waals surface area contributed by atoms with E-state index in [0.717, 1.165) is 18.7 Å². The SMILES string of the molecule is CCN(c1cccc(F)c1)C(CC)(CN)COC. The van der Waals surface area contributed by atoms with E-state index in [9.17, 15) is 4.39 Å². The number of rotatable bonds is 7. The second-order valence-electron chi connectivity index (χ2n) is 4.44. The molecule has 1 atom stereocenters. The van der Waals surface area contributed by atoms with E-state index in [-0.39, 0.29) is 11.4 Å². The molecule has 0 amide bonds. The lowest BCUT2D eigenvalue weighted by Gasteiger charge is -2.43. The molecule has 0 aliphatic rings. The fraction of sp³-hybridized carbons (Fsp3) is 0.571. The zero-order chi connectivity index (χ0) is 13.6. The van der Waals surface area contributed by atoms with Gasteiger partial charge in [-0.15, -0.1) is 0 Å². The summed E-state index contributed by atoms with van der Waals surface area (Å²) < 4.78 is 18.7. The smallest absolute Gasteiger partial charge is 0.125 e. The molecule has 0 aromatic heterocycles. The molecule has 0 saturated carbocycles. The Morgan fingerprint density at radius 1 is 1.39 bits per heavy atom. The summed E-state index contributed by atoms with van der Waals surface area (Å²) in [4.78, 5) is 2.12. The van der Waals surface area contributed by atoms with E-state index in [1.165, 1.54) is 6.07 Å². The summed E-state index contributed by atoms with van der Waals surface area (Å²) in [5.41, 5.74) is 6.51. The third-order valence-corrected chi connectivity index (χ3v) is 3.46. The van der Waals surface area contributed by atoms with E-state index in [1.807, 2.05) is 13.0 Å².